The Kier molecular flexibility index (Phi) is 15.6. The van der Waals surface area contributed by atoms with Gasteiger partial charge in [0.05, 0.1) is 19.8 Å². The third-order valence-corrected chi connectivity index (χ3v) is 7.71. The number of nitriles is 1. The quantitative estimate of drug-likeness (QED) is 0.0967. The van der Waals surface area contributed by atoms with Gasteiger partial charge < -0.3 is 24.8 Å². The fraction of sp³-hybridized carbons (Fsp3) is 0.800. The van der Waals surface area contributed by atoms with Crippen molar-refractivity contribution in [3.63, 3.8) is 0 Å². The molecular formula is C30H52N8O8. The first kappa shape index (κ1) is 39.8. The summed E-state index contributed by atoms with van der Waals surface area (Å²) in [6.45, 7) is 17.1. The van der Waals surface area contributed by atoms with Crippen LogP contribution in [-0.2, 0) is 19.0 Å². The molecule has 2 aliphatic carbocycles. The number of carbonyl (C=O) groups is 4. The van der Waals surface area contributed by atoms with Crippen LogP contribution in [0.2, 0.25) is 0 Å². The molecule has 16 heteroatoms. The van der Waals surface area contributed by atoms with Crippen LogP contribution < -0.4 is 32.3 Å². The zero-order valence-electron chi connectivity index (χ0n) is 28.4. The summed E-state index contributed by atoms with van der Waals surface area (Å²) in [6, 6.07) is -1.27. The number of hydrazine groups is 2. The van der Waals surface area contributed by atoms with Gasteiger partial charge in [-0.1, -0.05) is 41.5 Å². The maximum atomic E-state index is 12.1. The molecule has 6 amide bonds. The SMILES string of the molecule is CC1(C)CC(OC#N)CC(C)(CN=C=O)C1.CCOC(=O)NNC(=O)NCC1(C)CC(NC(=O)NNC(=O)OCC)CC(C)(C)C1. The van der Waals surface area contributed by atoms with Gasteiger partial charge in [0.15, 0.2) is 0 Å². The number of hydrogen-bond donors (Lipinski definition) is 6. The predicted molar refractivity (Wildman–Crippen MR) is 167 cm³/mol. The van der Waals surface area contributed by atoms with Crippen molar-refractivity contribution in [3.05, 3.63) is 0 Å². The number of ether oxygens (including phenoxy) is 3. The summed E-state index contributed by atoms with van der Waals surface area (Å²) in [6.07, 6.45) is 6.62. The molecule has 6 N–H and O–H groups in total. The molecule has 0 bridgehead atoms. The summed E-state index contributed by atoms with van der Waals surface area (Å²) in [5.74, 6) is 0. The van der Waals surface area contributed by atoms with Gasteiger partial charge in [-0.3, -0.25) is 0 Å². The Hall–Kier alpha value is -4.25. The standard InChI is InChI=1S/C18H34N6O6.C12H18N2O2/c1-6-29-15(27)23-21-13(25)19-11-18(5)9-12(8-17(3,4)10-18)20-14(26)22-24-16(28)30-7-2;1-11(2)4-10(16-8-13)5-12(3,6-11)7-14-9-15/h12H,6-11H2,1-5H3,(H,23,27)(H,24,28)(H2,19,21,25)(H2,20,22,26);10H,4-7H2,1-3H3. The van der Waals surface area contributed by atoms with E-state index in [1.165, 1.54) is 0 Å². The van der Waals surface area contributed by atoms with Gasteiger partial charge in [0.1, 0.15) is 6.10 Å². The third-order valence-electron chi connectivity index (χ3n) is 7.71. The van der Waals surface area contributed by atoms with Crippen LogP contribution in [0.5, 0.6) is 0 Å². The van der Waals surface area contributed by atoms with Crippen LogP contribution in [0.25, 0.3) is 0 Å². The number of isocyanates is 1. The molecule has 2 rings (SSSR count). The van der Waals surface area contributed by atoms with Crippen molar-refractivity contribution in [2.24, 2.45) is 26.7 Å². The molecule has 0 spiro atoms. The normalized spacial score (nSPS) is 25.6. The summed E-state index contributed by atoms with van der Waals surface area (Å²) in [5.41, 5.74) is 8.43. The largest absolute Gasteiger partial charge is 0.449 e. The third kappa shape index (κ3) is 15.7. The summed E-state index contributed by atoms with van der Waals surface area (Å²) in [5, 5.41) is 14.2. The lowest BCUT2D eigenvalue weighted by atomic mass is 9.62. The van der Waals surface area contributed by atoms with Crippen LogP contribution in [0.15, 0.2) is 4.99 Å². The van der Waals surface area contributed by atoms with Crippen LogP contribution in [0.1, 0.15) is 93.9 Å². The Labute approximate surface area is 271 Å². The molecule has 0 aromatic carbocycles. The van der Waals surface area contributed by atoms with E-state index in [2.05, 4.69) is 81.4 Å². The fourth-order valence-corrected chi connectivity index (χ4v) is 7.02. The second-order valence-corrected chi connectivity index (χ2v) is 14.2. The predicted octanol–water partition coefficient (Wildman–Crippen LogP) is 3.90. The van der Waals surface area contributed by atoms with Gasteiger partial charge in [0, 0.05) is 12.6 Å². The highest BCUT2D eigenvalue weighted by molar-refractivity contribution is 5.78. The average Bonchev–Trinajstić information content (AvgIpc) is 2.91. The average molecular weight is 653 g/mol. The van der Waals surface area contributed by atoms with Gasteiger partial charge in [0.25, 0.3) is 6.26 Å². The van der Waals surface area contributed by atoms with Gasteiger partial charge in [-0.05, 0) is 74.0 Å². The number of rotatable bonds is 8. The Morgan fingerprint density at radius 3 is 1.87 bits per heavy atom. The summed E-state index contributed by atoms with van der Waals surface area (Å²) in [4.78, 5) is 60.4. The van der Waals surface area contributed by atoms with E-state index in [4.69, 9.17) is 10.00 Å². The minimum atomic E-state index is -0.746. The number of nitrogens with zero attached hydrogens (tertiary/aromatic N) is 2. The Bertz CT molecular complexity index is 1140. The maximum absolute atomic E-state index is 12.1. The molecule has 0 aromatic heterocycles. The van der Waals surface area contributed by atoms with Crippen molar-refractivity contribution in [1.82, 2.24) is 32.3 Å². The van der Waals surface area contributed by atoms with E-state index < -0.39 is 24.2 Å². The number of nitrogens with one attached hydrogen (secondary N) is 6. The Balaban J connectivity index is 0.000000554. The van der Waals surface area contributed by atoms with Crippen molar-refractivity contribution in [3.8, 4) is 6.26 Å². The Morgan fingerprint density at radius 1 is 0.783 bits per heavy atom. The van der Waals surface area contributed by atoms with Gasteiger partial charge in [0.2, 0.25) is 6.08 Å². The number of carbonyl (C=O) groups excluding carboxylic acids is 5. The molecule has 16 nitrogen and oxygen atoms in total. The molecular weight excluding hydrogens is 600 g/mol. The highest BCUT2D eigenvalue weighted by atomic mass is 16.6. The van der Waals surface area contributed by atoms with Crippen molar-refractivity contribution in [1.29, 1.82) is 5.26 Å². The van der Waals surface area contributed by atoms with E-state index in [0.29, 0.717) is 19.5 Å². The highest BCUT2D eigenvalue weighted by Gasteiger charge is 2.43. The molecule has 2 fully saturated rings. The Morgan fingerprint density at radius 2 is 1.33 bits per heavy atom. The van der Waals surface area contributed by atoms with Crippen LogP contribution in [0.3, 0.4) is 0 Å². The minimum absolute atomic E-state index is 0.0550. The van der Waals surface area contributed by atoms with E-state index in [-0.39, 0.29) is 47.0 Å². The monoisotopic (exact) mass is 652 g/mol. The molecule has 2 aliphatic rings. The molecule has 260 valence electrons. The van der Waals surface area contributed by atoms with Crippen LogP contribution >= 0.6 is 0 Å². The lowest BCUT2D eigenvalue weighted by Crippen LogP contribution is -2.55. The maximum Gasteiger partial charge on any atom is 0.426 e. The molecule has 4 atom stereocenters. The molecule has 0 heterocycles. The van der Waals surface area contributed by atoms with Crippen molar-refractivity contribution >= 4 is 30.3 Å². The molecule has 0 aromatic rings. The van der Waals surface area contributed by atoms with E-state index in [9.17, 15) is 24.0 Å². The zero-order chi connectivity index (χ0) is 35.0. The zero-order valence-corrected chi connectivity index (χ0v) is 28.4. The minimum Gasteiger partial charge on any atom is -0.449 e. The van der Waals surface area contributed by atoms with Crippen LogP contribution in [0.4, 0.5) is 19.2 Å². The topological polar surface area (TPSA) is 221 Å². The van der Waals surface area contributed by atoms with Crippen molar-refractivity contribution < 1.29 is 38.2 Å². The summed E-state index contributed by atoms with van der Waals surface area (Å²) >= 11 is 0. The molecule has 0 saturated heterocycles. The molecule has 0 radical (unpaired) electrons. The van der Waals surface area contributed by atoms with Crippen molar-refractivity contribution in [2.45, 2.75) is 106 Å². The first-order valence-electron chi connectivity index (χ1n) is 15.4. The van der Waals surface area contributed by atoms with E-state index in [1.54, 1.807) is 26.2 Å². The van der Waals surface area contributed by atoms with E-state index >= 15 is 0 Å². The molecule has 4 unspecified atom stereocenters. The lowest BCUT2D eigenvalue weighted by Gasteiger charge is -2.46. The van der Waals surface area contributed by atoms with Gasteiger partial charge >= 0.3 is 24.2 Å². The van der Waals surface area contributed by atoms with Crippen LogP contribution in [0, 0.1) is 33.2 Å². The number of amides is 6. The number of urea groups is 2. The van der Waals surface area contributed by atoms with Crippen molar-refractivity contribution in [2.75, 3.05) is 26.3 Å². The second kappa shape index (κ2) is 18.0. The van der Waals surface area contributed by atoms with E-state index in [0.717, 1.165) is 32.1 Å². The van der Waals surface area contributed by atoms with E-state index in [1.807, 2.05) is 6.92 Å². The number of hydrogen-bond acceptors (Lipinski definition) is 10. The second-order valence-electron chi connectivity index (χ2n) is 14.2. The summed E-state index contributed by atoms with van der Waals surface area (Å²) in [7, 11) is 0. The smallest absolute Gasteiger partial charge is 0.426 e. The van der Waals surface area contributed by atoms with Gasteiger partial charge in [-0.25, -0.2) is 50.7 Å². The first-order valence-corrected chi connectivity index (χ1v) is 15.4. The van der Waals surface area contributed by atoms with Gasteiger partial charge in [-0.15, -0.1) is 0 Å². The highest BCUT2D eigenvalue weighted by Crippen LogP contribution is 2.47. The molecule has 0 aliphatic heterocycles. The fourth-order valence-electron chi connectivity index (χ4n) is 7.02. The molecule has 2 saturated carbocycles. The molecule has 46 heavy (non-hydrogen) atoms. The van der Waals surface area contributed by atoms with Crippen LogP contribution in [-0.4, -0.2) is 68.8 Å². The first-order chi connectivity index (χ1) is 21.4. The lowest BCUT2D eigenvalue weighted by molar-refractivity contribution is -0.00682. The van der Waals surface area contributed by atoms with Gasteiger partial charge in [-0.2, -0.15) is 5.26 Å². The number of aliphatic imine (C=N–C) groups is 1. The summed E-state index contributed by atoms with van der Waals surface area (Å²) < 4.78 is 14.4.